The van der Waals surface area contributed by atoms with Crippen LogP contribution < -0.4 is 0 Å². The number of hydrogen-bond donors (Lipinski definition) is 0. The third kappa shape index (κ3) is 6.02. The zero-order valence-corrected chi connectivity index (χ0v) is 33.2. The standard InChI is InChI=1S/C55H34N6O/c1-5-17-35(18-6-1)39-29-31-42-41-25-13-15-27-45(41)61(47(42)34-39)46-32-30-40(54-59-52(37-21-9-3-10-22-37)58-53(60-54)38-23-11-4-12-24-38)33-44(46)55-56-49(36-19-7-2-8-20-36)51-50(57-55)43-26-14-16-28-48(43)62-51/h1-34H. The maximum absolute atomic E-state index is 6.55. The molecule has 0 spiro atoms. The van der Waals surface area contributed by atoms with Crippen molar-refractivity contribution in [3.8, 4) is 73.6 Å². The summed E-state index contributed by atoms with van der Waals surface area (Å²) in [6.45, 7) is 0. The monoisotopic (exact) mass is 794 g/mol. The summed E-state index contributed by atoms with van der Waals surface area (Å²) in [6, 6.07) is 70.5. The summed E-state index contributed by atoms with van der Waals surface area (Å²) >= 11 is 0. The van der Waals surface area contributed by atoms with Gasteiger partial charge in [0.05, 0.1) is 16.7 Å². The molecular weight excluding hydrogens is 761 g/mol. The van der Waals surface area contributed by atoms with E-state index in [0.717, 1.165) is 82.9 Å². The molecule has 0 N–H and O–H groups in total. The van der Waals surface area contributed by atoms with Gasteiger partial charge in [0.15, 0.2) is 28.9 Å². The minimum absolute atomic E-state index is 0.539. The van der Waals surface area contributed by atoms with Crippen molar-refractivity contribution < 1.29 is 4.42 Å². The van der Waals surface area contributed by atoms with Gasteiger partial charge in [-0.15, -0.1) is 0 Å². The van der Waals surface area contributed by atoms with E-state index in [4.69, 9.17) is 29.3 Å². The van der Waals surface area contributed by atoms with Crippen LogP contribution >= 0.6 is 0 Å². The zero-order chi connectivity index (χ0) is 41.0. The summed E-state index contributed by atoms with van der Waals surface area (Å²) in [5.41, 5.74) is 12.5. The van der Waals surface area contributed by atoms with Gasteiger partial charge in [-0.1, -0.05) is 164 Å². The van der Waals surface area contributed by atoms with Gasteiger partial charge in [0.25, 0.3) is 0 Å². The molecule has 0 aliphatic heterocycles. The lowest BCUT2D eigenvalue weighted by Gasteiger charge is -2.16. The lowest BCUT2D eigenvalue weighted by Crippen LogP contribution is -2.03. The number of hydrogen-bond acceptors (Lipinski definition) is 6. The predicted molar refractivity (Wildman–Crippen MR) is 250 cm³/mol. The van der Waals surface area contributed by atoms with Crippen LogP contribution in [0.3, 0.4) is 0 Å². The molecule has 7 nitrogen and oxygen atoms in total. The molecular formula is C55H34N6O. The van der Waals surface area contributed by atoms with Gasteiger partial charge in [-0.05, 0) is 53.6 Å². The Labute approximate surface area is 356 Å². The fourth-order valence-electron chi connectivity index (χ4n) is 8.53. The first-order valence-electron chi connectivity index (χ1n) is 20.6. The molecule has 0 bridgehead atoms. The third-order valence-corrected chi connectivity index (χ3v) is 11.5. The van der Waals surface area contributed by atoms with E-state index in [1.54, 1.807) is 0 Å². The van der Waals surface area contributed by atoms with E-state index in [1.165, 1.54) is 0 Å². The van der Waals surface area contributed by atoms with Crippen molar-refractivity contribution in [3.63, 3.8) is 0 Å². The molecule has 0 atom stereocenters. The molecule has 0 aliphatic carbocycles. The topological polar surface area (TPSA) is 82.5 Å². The summed E-state index contributed by atoms with van der Waals surface area (Å²) in [6.07, 6.45) is 0. The van der Waals surface area contributed by atoms with Gasteiger partial charge in [-0.25, -0.2) is 24.9 Å². The normalized spacial score (nSPS) is 11.5. The van der Waals surface area contributed by atoms with E-state index in [9.17, 15) is 0 Å². The fraction of sp³-hybridized carbons (Fsp3) is 0. The second kappa shape index (κ2) is 14.6. The first kappa shape index (κ1) is 35.4. The van der Waals surface area contributed by atoms with Crippen LogP contribution in [0.5, 0.6) is 0 Å². The molecule has 4 aromatic heterocycles. The van der Waals surface area contributed by atoms with Crippen molar-refractivity contribution in [1.29, 1.82) is 0 Å². The number of nitrogens with zero attached hydrogens (tertiary/aromatic N) is 6. The van der Waals surface area contributed by atoms with Crippen LogP contribution in [0.1, 0.15) is 0 Å². The van der Waals surface area contributed by atoms with Crippen LogP contribution in [0.2, 0.25) is 0 Å². The lowest BCUT2D eigenvalue weighted by molar-refractivity contribution is 0.667. The molecule has 0 saturated carbocycles. The second-order valence-corrected chi connectivity index (χ2v) is 15.3. The van der Waals surface area contributed by atoms with Gasteiger partial charge >= 0.3 is 0 Å². The minimum atomic E-state index is 0.539. The highest BCUT2D eigenvalue weighted by Gasteiger charge is 2.23. The van der Waals surface area contributed by atoms with Crippen LogP contribution in [0.15, 0.2) is 211 Å². The Hall–Kier alpha value is -8.55. The van der Waals surface area contributed by atoms with E-state index in [2.05, 4.69) is 114 Å². The molecule has 62 heavy (non-hydrogen) atoms. The number of fused-ring (bicyclic) bond motifs is 6. The lowest BCUT2D eigenvalue weighted by atomic mass is 10.0. The largest absolute Gasteiger partial charge is 0.452 e. The molecule has 0 saturated heterocycles. The van der Waals surface area contributed by atoms with E-state index in [0.29, 0.717) is 34.6 Å². The Bertz CT molecular complexity index is 3560. The van der Waals surface area contributed by atoms with Gasteiger partial charge in [0, 0.05) is 44.0 Å². The average molecular weight is 795 g/mol. The molecule has 0 amide bonds. The highest BCUT2D eigenvalue weighted by Crippen LogP contribution is 2.41. The predicted octanol–water partition coefficient (Wildman–Crippen LogP) is 13.7. The summed E-state index contributed by atoms with van der Waals surface area (Å²) in [5.74, 6) is 2.26. The molecule has 290 valence electrons. The highest BCUT2D eigenvalue weighted by atomic mass is 16.3. The van der Waals surface area contributed by atoms with Crippen molar-refractivity contribution in [2.75, 3.05) is 0 Å². The Morgan fingerprint density at radius 1 is 0.339 bits per heavy atom. The first-order chi connectivity index (χ1) is 30.7. The highest BCUT2D eigenvalue weighted by molar-refractivity contribution is 6.11. The number of aromatic nitrogens is 6. The van der Waals surface area contributed by atoms with E-state index < -0.39 is 0 Å². The maximum atomic E-state index is 6.55. The van der Waals surface area contributed by atoms with Gasteiger partial charge in [-0.3, -0.25) is 0 Å². The van der Waals surface area contributed by atoms with Crippen molar-refractivity contribution in [3.05, 3.63) is 206 Å². The number of furan rings is 1. The molecule has 0 radical (unpaired) electrons. The van der Waals surface area contributed by atoms with Crippen molar-refractivity contribution >= 4 is 43.9 Å². The van der Waals surface area contributed by atoms with Crippen molar-refractivity contribution in [2.45, 2.75) is 0 Å². The number of para-hydroxylation sites is 2. The van der Waals surface area contributed by atoms with E-state index in [1.807, 2.05) is 97.1 Å². The first-order valence-corrected chi connectivity index (χ1v) is 20.6. The van der Waals surface area contributed by atoms with Crippen LogP contribution in [0, 0.1) is 0 Å². The van der Waals surface area contributed by atoms with Crippen molar-refractivity contribution in [2.24, 2.45) is 0 Å². The smallest absolute Gasteiger partial charge is 0.180 e. The van der Waals surface area contributed by atoms with E-state index in [-0.39, 0.29) is 0 Å². The summed E-state index contributed by atoms with van der Waals surface area (Å²) in [5, 5.41) is 3.22. The molecule has 12 rings (SSSR count). The molecule has 8 aromatic carbocycles. The van der Waals surface area contributed by atoms with Gasteiger partial charge in [0.2, 0.25) is 0 Å². The third-order valence-electron chi connectivity index (χ3n) is 11.5. The van der Waals surface area contributed by atoms with Gasteiger partial charge in [0.1, 0.15) is 16.8 Å². The molecule has 12 aromatic rings. The van der Waals surface area contributed by atoms with Crippen LogP contribution in [-0.2, 0) is 0 Å². The maximum Gasteiger partial charge on any atom is 0.180 e. The van der Waals surface area contributed by atoms with Gasteiger partial charge in [-0.2, -0.15) is 0 Å². The summed E-state index contributed by atoms with van der Waals surface area (Å²) < 4.78 is 8.89. The molecule has 7 heteroatoms. The minimum Gasteiger partial charge on any atom is -0.452 e. The molecule has 0 fully saturated rings. The SMILES string of the molecule is c1ccc(-c2ccc3c4ccccc4n(-c4ccc(-c5nc(-c6ccccc6)nc(-c6ccccc6)n5)cc4-c4nc(-c5ccccc5)c5oc6ccccc6c5n4)c3c2)cc1. The van der Waals surface area contributed by atoms with Crippen LogP contribution in [0.4, 0.5) is 0 Å². The fourth-order valence-corrected chi connectivity index (χ4v) is 8.53. The van der Waals surface area contributed by atoms with E-state index >= 15 is 0 Å². The Morgan fingerprint density at radius 3 is 1.55 bits per heavy atom. The molecule has 4 heterocycles. The Kier molecular flexibility index (Phi) is 8.35. The summed E-state index contributed by atoms with van der Waals surface area (Å²) in [7, 11) is 0. The quantitative estimate of drug-likeness (QED) is 0.160. The summed E-state index contributed by atoms with van der Waals surface area (Å²) in [4.78, 5) is 26.1. The zero-order valence-electron chi connectivity index (χ0n) is 33.2. The average Bonchev–Trinajstić information content (AvgIpc) is 3.90. The molecule has 0 aliphatic rings. The number of benzene rings is 8. The van der Waals surface area contributed by atoms with Crippen LogP contribution in [-0.4, -0.2) is 29.5 Å². The molecule has 0 unspecified atom stereocenters. The second-order valence-electron chi connectivity index (χ2n) is 15.3. The van der Waals surface area contributed by atoms with Gasteiger partial charge < -0.3 is 8.98 Å². The Morgan fingerprint density at radius 2 is 0.871 bits per heavy atom. The van der Waals surface area contributed by atoms with Crippen LogP contribution in [0.25, 0.3) is 117 Å². The van der Waals surface area contributed by atoms with Crippen molar-refractivity contribution in [1.82, 2.24) is 29.5 Å². The number of rotatable bonds is 7. The Balaban J connectivity index is 1.17.